The Morgan fingerprint density at radius 2 is 2.11 bits per heavy atom. The fraction of sp³-hybridized carbons (Fsp3) is 0.333. The topological polar surface area (TPSA) is 61.3 Å². The molecule has 0 saturated carbocycles. The third-order valence-electron chi connectivity index (χ3n) is 2.45. The number of thiazole rings is 1. The third kappa shape index (κ3) is 4.50. The average molecular weight is 391 g/mol. The molecule has 0 saturated heterocycles. The van der Waals surface area contributed by atoms with Gasteiger partial charge in [0.2, 0.25) is 0 Å². The van der Waals surface area contributed by atoms with E-state index < -0.39 is 0 Å². The summed E-state index contributed by atoms with van der Waals surface area (Å²) in [5.74, 6) is 0.793. The number of rotatable bonds is 4. The number of aliphatic imine (C=N–C) groups is 1. The van der Waals surface area contributed by atoms with Crippen molar-refractivity contribution >= 4 is 56.6 Å². The molecule has 1 aromatic heterocycles. The second-order valence-corrected chi connectivity index (χ2v) is 4.69. The monoisotopic (exact) mass is 391 g/mol. The lowest BCUT2D eigenvalue weighted by Crippen LogP contribution is -2.37. The Balaban J connectivity index is 0.00000180. The van der Waals surface area contributed by atoms with Gasteiger partial charge in [-0.15, -0.1) is 24.0 Å². The summed E-state index contributed by atoms with van der Waals surface area (Å²) in [6, 6.07) is 8.14. The van der Waals surface area contributed by atoms with Crippen LogP contribution in [0.4, 0.5) is 5.13 Å². The van der Waals surface area contributed by atoms with Gasteiger partial charge < -0.3 is 16.0 Å². The first-order chi connectivity index (χ1) is 8.83. The normalized spacial score (nSPS) is 10.9. The largest absolute Gasteiger partial charge is 0.360 e. The molecule has 1 heterocycles. The summed E-state index contributed by atoms with van der Waals surface area (Å²) >= 11 is 1.67. The van der Waals surface area contributed by atoms with E-state index in [0.717, 1.165) is 29.7 Å². The van der Waals surface area contributed by atoms with Gasteiger partial charge >= 0.3 is 0 Å². The first-order valence-electron chi connectivity index (χ1n) is 5.81. The molecule has 104 valence electrons. The Bertz CT molecular complexity index is 507. The zero-order chi connectivity index (χ0) is 12.8. The number of halogens is 1. The number of para-hydroxylation sites is 1. The van der Waals surface area contributed by atoms with Gasteiger partial charge in [-0.1, -0.05) is 23.5 Å². The predicted octanol–water partition coefficient (Wildman–Crippen LogP) is 2.12. The Hall–Kier alpha value is -1.09. The molecular formula is C12H18IN5S. The molecule has 0 spiro atoms. The molecular weight excluding hydrogens is 373 g/mol. The molecule has 2 aromatic rings. The van der Waals surface area contributed by atoms with Gasteiger partial charge in [0.15, 0.2) is 11.1 Å². The molecule has 0 bridgehead atoms. The lowest BCUT2D eigenvalue weighted by molar-refractivity contribution is 0.865. The minimum Gasteiger partial charge on any atom is -0.360 e. The quantitative estimate of drug-likeness (QED) is 0.324. The summed E-state index contributed by atoms with van der Waals surface area (Å²) in [6.45, 7) is 1.60. The van der Waals surface area contributed by atoms with Crippen LogP contribution in [0.1, 0.15) is 0 Å². The number of anilines is 1. The van der Waals surface area contributed by atoms with E-state index in [4.69, 9.17) is 0 Å². The van der Waals surface area contributed by atoms with Crippen molar-refractivity contribution in [2.45, 2.75) is 0 Å². The van der Waals surface area contributed by atoms with Crippen molar-refractivity contribution in [3.63, 3.8) is 0 Å². The molecule has 0 unspecified atom stereocenters. The smallest absolute Gasteiger partial charge is 0.190 e. The number of hydrogen-bond donors (Lipinski definition) is 3. The van der Waals surface area contributed by atoms with Crippen molar-refractivity contribution in [1.82, 2.24) is 15.6 Å². The Kier molecular flexibility index (Phi) is 6.85. The number of aromatic nitrogens is 1. The highest BCUT2D eigenvalue weighted by Crippen LogP contribution is 2.24. The van der Waals surface area contributed by atoms with E-state index in [2.05, 4.69) is 32.0 Å². The minimum absolute atomic E-state index is 0. The van der Waals surface area contributed by atoms with Crippen molar-refractivity contribution in [2.24, 2.45) is 4.99 Å². The maximum atomic E-state index is 4.50. The number of guanidine groups is 1. The summed E-state index contributed by atoms with van der Waals surface area (Å²) in [7, 11) is 3.59. The van der Waals surface area contributed by atoms with Crippen LogP contribution in [-0.2, 0) is 0 Å². The molecule has 0 aliphatic carbocycles. The summed E-state index contributed by atoms with van der Waals surface area (Å²) in [5, 5.41) is 10.4. The second kappa shape index (κ2) is 8.16. The van der Waals surface area contributed by atoms with Crippen LogP contribution in [-0.4, -0.2) is 38.1 Å². The number of benzene rings is 1. The molecule has 0 aliphatic rings. The first-order valence-corrected chi connectivity index (χ1v) is 6.63. The molecule has 2 rings (SSSR count). The van der Waals surface area contributed by atoms with E-state index in [9.17, 15) is 0 Å². The molecule has 0 amide bonds. The fourth-order valence-corrected chi connectivity index (χ4v) is 2.47. The highest BCUT2D eigenvalue weighted by molar-refractivity contribution is 14.0. The van der Waals surface area contributed by atoms with Crippen LogP contribution in [0.3, 0.4) is 0 Å². The lowest BCUT2D eigenvalue weighted by atomic mass is 10.3. The standard InChI is InChI=1S/C12H17N5S.HI/c1-13-11(14-2)15-7-8-16-12-17-9-5-3-4-6-10(9)18-12;/h3-6H,7-8H2,1-2H3,(H,16,17)(H2,13,14,15);1H. The highest BCUT2D eigenvalue weighted by atomic mass is 127. The van der Waals surface area contributed by atoms with Crippen LogP contribution in [0.25, 0.3) is 10.2 Å². The van der Waals surface area contributed by atoms with E-state index in [1.165, 1.54) is 4.70 Å². The van der Waals surface area contributed by atoms with Crippen molar-refractivity contribution < 1.29 is 0 Å². The van der Waals surface area contributed by atoms with Crippen LogP contribution in [0.15, 0.2) is 29.3 Å². The van der Waals surface area contributed by atoms with Crippen LogP contribution < -0.4 is 16.0 Å². The molecule has 19 heavy (non-hydrogen) atoms. The van der Waals surface area contributed by atoms with E-state index in [1.54, 1.807) is 18.4 Å². The number of fused-ring (bicyclic) bond motifs is 1. The van der Waals surface area contributed by atoms with Gasteiger partial charge in [0.05, 0.1) is 10.2 Å². The minimum atomic E-state index is 0. The summed E-state index contributed by atoms with van der Waals surface area (Å²) in [5.41, 5.74) is 1.05. The van der Waals surface area contributed by atoms with Gasteiger partial charge in [-0.25, -0.2) is 4.98 Å². The molecule has 0 radical (unpaired) electrons. The zero-order valence-corrected chi connectivity index (χ0v) is 14.1. The molecule has 3 N–H and O–H groups in total. The summed E-state index contributed by atoms with van der Waals surface area (Å²) < 4.78 is 1.21. The summed E-state index contributed by atoms with van der Waals surface area (Å²) in [4.78, 5) is 8.54. The van der Waals surface area contributed by atoms with Crippen molar-refractivity contribution in [2.75, 3.05) is 32.5 Å². The van der Waals surface area contributed by atoms with E-state index >= 15 is 0 Å². The van der Waals surface area contributed by atoms with Gasteiger partial charge in [0.25, 0.3) is 0 Å². The molecule has 0 aliphatic heterocycles. The van der Waals surface area contributed by atoms with Crippen LogP contribution >= 0.6 is 35.3 Å². The van der Waals surface area contributed by atoms with Gasteiger partial charge in [0, 0.05) is 27.2 Å². The maximum Gasteiger partial charge on any atom is 0.190 e. The van der Waals surface area contributed by atoms with Gasteiger partial charge in [0.1, 0.15) is 0 Å². The number of nitrogens with one attached hydrogen (secondary N) is 3. The van der Waals surface area contributed by atoms with Crippen LogP contribution in [0, 0.1) is 0 Å². The fourth-order valence-electron chi connectivity index (χ4n) is 1.58. The molecule has 0 atom stereocenters. The molecule has 7 heteroatoms. The second-order valence-electron chi connectivity index (χ2n) is 3.66. The molecule has 1 aromatic carbocycles. The zero-order valence-electron chi connectivity index (χ0n) is 10.9. The van der Waals surface area contributed by atoms with Crippen molar-refractivity contribution in [3.8, 4) is 0 Å². The van der Waals surface area contributed by atoms with Crippen LogP contribution in [0.5, 0.6) is 0 Å². The maximum absolute atomic E-state index is 4.50. The summed E-state index contributed by atoms with van der Waals surface area (Å²) in [6.07, 6.45) is 0. The first kappa shape index (κ1) is 16.0. The number of nitrogens with zero attached hydrogens (tertiary/aromatic N) is 2. The van der Waals surface area contributed by atoms with Crippen molar-refractivity contribution in [3.05, 3.63) is 24.3 Å². The van der Waals surface area contributed by atoms with Gasteiger partial charge in [-0.2, -0.15) is 0 Å². The van der Waals surface area contributed by atoms with Crippen molar-refractivity contribution in [1.29, 1.82) is 0 Å². The Labute approximate surface area is 133 Å². The highest BCUT2D eigenvalue weighted by Gasteiger charge is 2.01. The third-order valence-corrected chi connectivity index (χ3v) is 3.44. The van der Waals surface area contributed by atoms with E-state index in [1.807, 2.05) is 25.2 Å². The Morgan fingerprint density at radius 1 is 1.32 bits per heavy atom. The lowest BCUT2D eigenvalue weighted by Gasteiger charge is -2.08. The molecule has 5 nitrogen and oxygen atoms in total. The van der Waals surface area contributed by atoms with Crippen LogP contribution in [0.2, 0.25) is 0 Å². The van der Waals surface area contributed by atoms with Gasteiger partial charge in [-0.3, -0.25) is 4.99 Å². The Morgan fingerprint density at radius 3 is 2.79 bits per heavy atom. The molecule has 0 fully saturated rings. The number of hydrogen-bond acceptors (Lipinski definition) is 4. The van der Waals surface area contributed by atoms with E-state index in [0.29, 0.717) is 0 Å². The average Bonchev–Trinajstić information content (AvgIpc) is 2.81. The van der Waals surface area contributed by atoms with Gasteiger partial charge in [-0.05, 0) is 12.1 Å². The van der Waals surface area contributed by atoms with E-state index in [-0.39, 0.29) is 24.0 Å². The predicted molar refractivity (Wildman–Crippen MR) is 93.9 cm³/mol. The SMILES string of the molecule is CN=C(NC)NCCNc1nc2ccccc2s1.I.